The number of nitrogens with zero attached hydrogens (tertiary/aromatic N) is 3. The number of hydrogen-bond donors (Lipinski definition) is 1. The van der Waals surface area contributed by atoms with E-state index < -0.39 is 0 Å². The summed E-state index contributed by atoms with van der Waals surface area (Å²) in [7, 11) is 0. The van der Waals surface area contributed by atoms with Gasteiger partial charge in [0.05, 0.1) is 0 Å². The fraction of sp³-hybridized carbons (Fsp3) is 0.190. The van der Waals surface area contributed by atoms with Crippen LogP contribution in [0.25, 0.3) is 22.6 Å². The molecule has 3 aromatic rings. The molecule has 1 aromatic heterocycles. The van der Waals surface area contributed by atoms with Gasteiger partial charge in [0.25, 0.3) is 0 Å². The molecule has 5 nitrogen and oxygen atoms in total. The number of aromatic nitrogens is 1. The van der Waals surface area contributed by atoms with Gasteiger partial charge >= 0.3 is 0 Å². The van der Waals surface area contributed by atoms with Crippen LogP contribution in [0, 0.1) is 22.7 Å². The normalized spacial score (nSPS) is 11.4. The summed E-state index contributed by atoms with van der Waals surface area (Å²) < 4.78 is 5.87. The van der Waals surface area contributed by atoms with Gasteiger partial charge in [-0.25, -0.2) is 4.98 Å². The number of hydrogen-bond acceptors (Lipinski definition) is 5. The summed E-state index contributed by atoms with van der Waals surface area (Å²) in [5.74, 6) is 1.06. The molecule has 128 valence electrons. The molecule has 0 radical (unpaired) electrons. The summed E-state index contributed by atoms with van der Waals surface area (Å²) in [6.45, 7) is 4.37. The van der Waals surface area contributed by atoms with Crippen molar-refractivity contribution in [1.82, 2.24) is 4.98 Å². The fourth-order valence-electron chi connectivity index (χ4n) is 2.56. The molecule has 0 fully saturated rings. The van der Waals surface area contributed by atoms with E-state index in [9.17, 15) is 0 Å². The average molecular weight is 342 g/mol. The smallest absolute Gasteiger partial charge is 0.227 e. The van der Waals surface area contributed by atoms with E-state index in [0.717, 1.165) is 28.8 Å². The van der Waals surface area contributed by atoms with Gasteiger partial charge in [0.1, 0.15) is 23.2 Å². The third-order valence-corrected chi connectivity index (χ3v) is 4.35. The molecule has 0 saturated heterocycles. The lowest BCUT2D eigenvalue weighted by molar-refractivity contribution is 0.619. The second-order valence-corrected chi connectivity index (χ2v) is 6.06. The molecule has 0 amide bonds. The molecule has 2 aromatic carbocycles. The number of fused-ring (bicyclic) bond motifs is 1. The van der Waals surface area contributed by atoms with Gasteiger partial charge in [-0.05, 0) is 54.3 Å². The van der Waals surface area contributed by atoms with Crippen LogP contribution in [0.5, 0.6) is 0 Å². The molecule has 1 unspecified atom stereocenters. The number of benzene rings is 2. The first kappa shape index (κ1) is 17.3. The van der Waals surface area contributed by atoms with Gasteiger partial charge < -0.3 is 9.73 Å². The maximum Gasteiger partial charge on any atom is 0.227 e. The summed E-state index contributed by atoms with van der Waals surface area (Å²) in [5, 5.41) is 20.4. The van der Waals surface area contributed by atoms with Crippen molar-refractivity contribution < 1.29 is 4.42 Å². The molecule has 0 aliphatic heterocycles. The zero-order valence-corrected chi connectivity index (χ0v) is 14.7. The van der Waals surface area contributed by atoms with E-state index in [0.29, 0.717) is 11.8 Å². The van der Waals surface area contributed by atoms with E-state index in [2.05, 4.69) is 36.3 Å². The highest BCUT2D eigenvalue weighted by atomic mass is 16.3. The monoisotopic (exact) mass is 342 g/mol. The summed E-state index contributed by atoms with van der Waals surface area (Å²) in [6.07, 6.45) is 2.46. The van der Waals surface area contributed by atoms with Gasteiger partial charge in [0.2, 0.25) is 5.89 Å². The topological polar surface area (TPSA) is 85.6 Å². The highest BCUT2D eigenvalue weighted by Gasteiger charge is 2.11. The van der Waals surface area contributed by atoms with Gasteiger partial charge in [0, 0.05) is 17.5 Å². The zero-order chi connectivity index (χ0) is 18.5. The van der Waals surface area contributed by atoms with Crippen molar-refractivity contribution in [3.8, 4) is 23.6 Å². The van der Waals surface area contributed by atoms with E-state index in [-0.39, 0.29) is 5.57 Å². The van der Waals surface area contributed by atoms with Crippen LogP contribution in [0.15, 0.2) is 58.7 Å². The van der Waals surface area contributed by atoms with E-state index >= 15 is 0 Å². The number of allylic oxidation sites excluding steroid dienone is 1. The predicted octanol–water partition coefficient (Wildman–Crippen LogP) is 5.35. The van der Waals surface area contributed by atoms with Crippen molar-refractivity contribution in [3.63, 3.8) is 0 Å². The summed E-state index contributed by atoms with van der Waals surface area (Å²) in [6, 6.07) is 17.2. The Balaban J connectivity index is 1.84. The fourth-order valence-corrected chi connectivity index (χ4v) is 2.56. The van der Waals surface area contributed by atoms with Gasteiger partial charge in [0.15, 0.2) is 5.58 Å². The molecule has 5 heteroatoms. The van der Waals surface area contributed by atoms with Crippen molar-refractivity contribution in [2.75, 3.05) is 5.32 Å². The highest BCUT2D eigenvalue weighted by molar-refractivity contribution is 5.77. The first-order valence-corrected chi connectivity index (χ1v) is 8.42. The van der Waals surface area contributed by atoms with Gasteiger partial charge in [-0.2, -0.15) is 10.5 Å². The van der Waals surface area contributed by atoms with Crippen molar-refractivity contribution in [3.05, 3.63) is 59.8 Å². The second-order valence-electron chi connectivity index (χ2n) is 6.06. The van der Waals surface area contributed by atoms with Crippen LogP contribution in [0.1, 0.15) is 31.7 Å². The molecule has 26 heavy (non-hydrogen) atoms. The van der Waals surface area contributed by atoms with E-state index in [1.54, 1.807) is 12.1 Å². The molecule has 1 N–H and O–H groups in total. The lowest BCUT2D eigenvalue weighted by atomic mass is 9.98. The van der Waals surface area contributed by atoms with Crippen LogP contribution < -0.4 is 5.32 Å². The number of nitrogens with one attached hydrogen (secondary N) is 1. The molecule has 0 saturated carbocycles. The first-order valence-electron chi connectivity index (χ1n) is 8.42. The predicted molar refractivity (Wildman–Crippen MR) is 101 cm³/mol. The van der Waals surface area contributed by atoms with E-state index in [1.165, 1.54) is 11.8 Å². The molecule has 1 atom stereocenters. The summed E-state index contributed by atoms with van der Waals surface area (Å²) >= 11 is 0. The van der Waals surface area contributed by atoms with Gasteiger partial charge in [-0.15, -0.1) is 0 Å². The molecule has 0 aliphatic rings. The van der Waals surface area contributed by atoms with Crippen LogP contribution in [0.3, 0.4) is 0 Å². The largest absolute Gasteiger partial charge is 0.436 e. The molecule has 1 heterocycles. The van der Waals surface area contributed by atoms with Crippen LogP contribution in [-0.4, -0.2) is 4.98 Å². The molecular weight excluding hydrogens is 324 g/mol. The Kier molecular flexibility index (Phi) is 5.01. The van der Waals surface area contributed by atoms with Crippen LogP contribution in [-0.2, 0) is 0 Å². The Morgan fingerprint density at radius 1 is 1.19 bits per heavy atom. The molecule has 3 rings (SSSR count). The van der Waals surface area contributed by atoms with E-state index in [1.807, 2.05) is 30.3 Å². The van der Waals surface area contributed by atoms with Crippen molar-refractivity contribution in [2.24, 2.45) is 0 Å². The minimum Gasteiger partial charge on any atom is -0.436 e. The van der Waals surface area contributed by atoms with Gasteiger partial charge in [-0.1, -0.05) is 19.9 Å². The molecule has 0 bridgehead atoms. The third-order valence-electron chi connectivity index (χ3n) is 4.35. The minimum absolute atomic E-state index is 0.0186. The summed E-state index contributed by atoms with van der Waals surface area (Å²) in [4.78, 5) is 4.61. The maximum absolute atomic E-state index is 8.73. The lowest BCUT2D eigenvalue weighted by Crippen LogP contribution is -1.90. The highest BCUT2D eigenvalue weighted by Crippen LogP contribution is 2.28. The minimum atomic E-state index is 0.0186. The Labute approximate surface area is 152 Å². The Morgan fingerprint density at radius 2 is 1.92 bits per heavy atom. The van der Waals surface area contributed by atoms with Crippen molar-refractivity contribution in [1.29, 1.82) is 10.5 Å². The number of oxazole rings is 1. The Morgan fingerprint density at radius 3 is 2.58 bits per heavy atom. The zero-order valence-electron chi connectivity index (χ0n) is 14.7. The lowest BCUT2D eigenvalue weighted by Gasteiger charge is -2.07. The maximum atomic E-state index is 8.73. The first-order chi connectivity index (χ1) is 12.6. The summed E-state index contributed by atoms with van der Waals surface area (Å²) in [5.41, 5.74) is 4.54. The molecule has 0 aliphatic carbocycles. The average Bonchev–Trinajstić information content (AvgIpc) is 3.12. The molecular formula is C21H18N4O. The standard InChI is InChI=1S/C21H18N4O/c1-3-14(2)17-6-9-20-19(10-17)25-21(26-20)16-4-7-18(8-5-16)24-13-15(11-22)12-23/h4-10,13-14,24H,3H2,1-2H3. The Hall–Kier alpha value is -3.57. The van der Waals surface area contributed by atoms with Crippen molar-refractivity contribution in [2.45, 2.75) is 26.2 Å². The van der Waals surface area contributed by atoms with Crippen LogP contribution >= 0.6 is 0 Å². The molecule has 0 spiro atoms. The SMILES string of the molecule is CCC(C)c1ccc2oc(-c3ccc(NC=C(C#N)C#N)cc3)nc2c1. The Bertz CT molecular complexity index is 1020. The van der Waals surface area contributed by atoms with Crippen LogP contribution in [0.2, 0.25) is 0 Å². The third kappa shape index (κ3) is 3.58. The quantitative estimate of drug-likeness (QED) is 0.632. The van der Waals surface area contributed by atoms with Gasteiger partial charge in [-0.3, -0.25) is 0 Å². The van der Waals surface area contributed by atoms with E-state index in [4.69, 9.17) is 14.9 Å². The number of rotatable bonds is 5. The van der Waals surface area contributed by atoms with Crippen molar-refractivity contribution >= 4 is 16.8 Å². The second kappa shape index (κ2) is 7.55. The number of anilines is 1. The van der Waals surface area contributed by atoms with Crippen LogP contribution in [0.4, 0.5) is 5.69 Å². The number of nitriles is 2.